The summed E-state index contributed by atoms with van der Waals surface area (Å²) in [6.45, 7) is 5.05. The Morgan fingerprint density at radius 3 is 2.38 bits per heavy atom. The van der Waals surface area contributed by atoms with E-state index in [0.717, 1.165) is 18.2 Å². The molecule has 0 aliphatic rings. The molecular weight excluding hydrogens is 283 g/mol. The van der Waals surface area contributed by atoms with Crippen LogP contribution in [-0.2, 0) is 15.7 Å². The quantitative estimate of drug-likeness (QED) is 0.614. The molecule has 0 aliphatic heterocycles. The highest BCUT2D eigenvalue weighted by molar-refractivity contribution is 5.87. The fourth-order valence-electron chi connectivity index (χ4n) is 1.50. The standard InChI is InChI=1S/C15H14F3NO2/c1-14(2,3)21-13(20)7-5-10-4-6-11(9-19)12(8-10)15(16,17)18/h4-8H,1-3H3. The maximum absolute atomic E-state index is 12.8. The van der Waals surface area contributed by atoms with Crippen LogP contribution in [0.4, 0.5) is 13.2 Å². The molecule has 0 spiro atoms. The first-order chi connectivity index (χ1) is 9.53. The first-order valence-corrected chi connectivity index (χ1v) is 6.05. The molecule has 0 radical (unpaired) electrons. The van der Waals surface area contributed by atoms with E-state index in [4.69, 9.17) is 10.00 Å². The Morgan fingerprint density at radius 1 is 1.29 bits per heavy atom. The van der Waals surface area contributed by atoms with Gasteiger partial charge in [0.2, 0.25) is 0 Å². The molecular formula is C15H14F3NO2. The summed E-state index contributed by atoms with van der Waals surface area (Å²) in [4.78, 5) is 11.5. The minimum Gasteiger partial charge on any atom is -0.457 e. The predicted molar refractivity (Wildman–Crippen MR) is 71.0 cm³/mol. The van der Waals surface area contributed by atoms with E-state index >= 15 is 0 Å². The van der Waals surface area contributed by atoms with Gasteiger partial charge in [-0.1, -0.05) is 6.07 Å². The molecule has 0 amide bonds. The van der Waals surface area contributed by atoms with Crippen LogP contribution in [0.1, 0.15) is 37.5 Å². The predicted octanol–water partition coefficient (Wildman–Crippen LogP) is 3.93. The Kier molecular flexibility index (Phi) is 4.79. The fraction of sp³-hybridized carbons (Fsp3) is 0.333. The lowest BCUT2D eigenvalue weighted by atomic mass is 10.0. The van der Waals surface area contributed by atoms with Gasteiger partial charge in [-0.25, -0.2) is 4.79 Å². The lowest BCUT2D eigenvalue weighted by Crippen LogP contribution is -2.22. The molecule has 0 atom stereocenters. The number of benzene rings is 1. The van der Waals surface area contributed by atoms with Crippen molar-refractivity contribution in [1.29, 1.82) is 5.26 Å². The van der Waals surface area contributed by atoms with Crippen LogP contribution in [0, 0.1) is 11.3 Å². The Bertz CT molecular complexity index is 605. The Balaban J connectivity index is 3.01. The average molecular weight is 297 g/mol. The number of nitrogens with zero attached hydrogens (tertiary/aromatic N) is 1. The summed E-state index contributed by atoms with van der Waals surface area (Å²) in [5, 5.41) is 8.68. The van der Waals surface area contributed by atoms with Gasteiger partial charge in [-0.15, -0.1) is 0 Å². The second kappa shape index (κ2) is 6.00. The van der Waals surface area contributed by atoms with Crippen LogP contribution >= 0.6 is 0 Å². The highest BCUT2D eigenvalue weighted by Gasteiger charge is 2.33. The van der Waals surface area contributed by atoms with Crippen LogP contribution in [0.5, 0.6) is 0 Å². The zero-order valence-electron chi connectivity index (χ0n) is 11.8. The molecule has 0 saturated carbocycles. The monoisotopic (exact) mass is 297 g/mol. The summed E-state index contributed by atoms with van der Waals surface area (Å²) in [5.74, 6) is -0.652. The van der Waals surface area contributed by atoms with Gasteiger partial charge in [0.1, 0.15) is 5.60 Å². The van der Waals surface area contributed by atoms with Gasteiger partial charge in [0.25, 0.3) is 0 Å². The summed E-state index contributed by atoms with van der Waals surface area (Å²) in [6.07, 6.45) is -2.36. The summed E-state index contributed by atoms with van der Waals surface area (Å²) in [6, 6.07) is 4.70. The highest BCUT2D eigenvalue weighted by atomic mass is 19.4. The van der Waals surface area contributed by atoms with Gasteiger partial charge in [0.15, 0.2) is 0 Å². The number of carbonyl (C=O) groups excluding carboxylic acids is 1. The second-order valence-corrected chi connectivity index (χ2v) is 5.28. The van der Waals surface area contributed by atoms with Gasteiger partial charge in [-0.3, -0.25) is 0 Å². The van der Waals surface area contributed by atoms with E-state index in [2.05, 4.69) is 0 Å². The smallest absolute Gasteiger partial charge is 0.417 e. The number of rotatable bonds is 2. The molecule has 3 nitrogen and oxygen atoms in total. The zero-order chi connectivity index (χ0) is 16.3. The van der Waals surface area contributed by atoms with Gasteiger partial charge in [-0.05, 0) is 44.5 Å². The van der Waals surface area contributed by atoms with E-state index in [-0.39, 0.29) is 5.56 Å². The van der Waals surface area contributed by atoms with Crippen molar-refractivity contribution in [2.45, 2.75) is 32.5 Å². The molecule has 0 heterocycles. The number of carbonyl (C=O) groups is 1. The van der Waals surface area contributed by atoms with Gasteiger partial charge in [0.05, 0.1) is 17.2 Å². The normalized spacial score (nSPS) is 12.2. The number of ether oxygens (including phenoxy) is 1. The molecule has 0 aromatic heterocycles. The Morgan fingerprint density at radius 2 is 1.90 bits per heavy atom. The third-order valence-electron chi connectivity index (χ3n) is 2.29. The van der Waals surface area contributed by atoms with Crippen LogP contribution in [0.2, 0.25) is 0 Å². The second-order valence-electron chi connectivity index (χ2n) is 5.28. The Hall–Kier alpha value is -2.29. The molecule has 0 N–H and O–H groups in total. The van der Waals surface area contributed by atoms with Crippen molar-refractivity contribution in [3.63, 3.8) is 0 Å². The average Bonchev–Trinajstić information content (AvgIpc) is 2.33. The maximum atomic E-state index is 12.8. The zero-order valence-corrected chi connectivity index (χ0v) is 11.8. The van der Waals surface area contributed by atoms with E-state index in [9.17, 15) is 18.0 Å². The molecule has 6 heteroatoms. The molecule has 1 aromatic carbocycles. The fourth-order valence-corrected chi connectivity index (χ4v) is 1.50. The Labute approximate surface area is 120 Å². The summed E-state index contributed by atoms with van der Waals surface area (Å²) >= 11 is 0. The van der Waals surface area contributed by atoms with Crippen molar-refractivity contribution in [1.82, 2.24) is 0 Å². The van der Waals surface area contributed by atoms with E-state index < -0.39 is 28.9 Å². The van der Waals surface area contributed by atoms with Gasteiger partial charge >= 0.3 is 12.1 Å². The lowest BCUT2D eigenvalue weighted by Gasteiger charge is -2.17. The number of nitriles is 1. The van der Waals surface area contributed by atoms with E-state index in [1.165, 1.54) is 18.2 Å². The van der Waals surface area contributed by atoms with Crippen LogP contribution in [0.3, 0.4) is 0 Å². The first kappa shape index (κ1) is 16.8. The van der Waals surface area contributed by atoms with Gasteiger partial charge < -0.3 is 4.74 Å². The molecule has 0 aliphatic carbocycles. The molecule has 0 saturated heterocycles. The SMILES string of the molecule is CC(C)(C)OC(=O)C=Cc1ccc(C#N)c(C(F)(F)F)c1. The lowest BCUT2D eigenvalue weighted by molar-refractivity contribution is -0.148. The summed E-state index contributed by atoms with van der Waals surface area (Å²) < 4.78 is 43.3. The van der Waals surface area contributed by atoms with E-state index in [1.807, 2.05) is 0 Å². The molecule has 0 fully saturated rings. The first-order valence-electron chi connectivity index (χ1n) is 6.05. The van der Waals surface area contributed by atoms with Crippen molar-refractivity contribution in [3.05, 3.63) is 41.0 Å². The highest BCUT2D eigenvalue weighted by Crippen LogP contribution is 2.32. The van der Waals surface area contributed by atoms with Crippen molar-refractivity contribution in [2.24, 2.45) is 0 Å². The number of esters is 1. The van der Waals surface area contributed by atoms with E-state index in [0.29, 0.717) is 0 Å². The van der Waals surface area contributed by atoms with Crippen molar-refractivity contribution in [3.8, 4) is 6.07 Å². The van der Waals surface area contributed by atoms with Crippen molar-refractivity contribution in [2.75, 3.05) is 0 Å². The number of alkyl halides is 3. The molecule has 0 unspecified atom stereocenters. The maximum Gasteiger partial charge on any atom is 0.417 e. The van der Waals surface area contributed by atoms with E-state index in [1.54, 1.807) is 20.8 Å². The van der Waals surface area contributed by atoms with Crippen LogP contribution < -0.4 is 0 Å². The summed E-state index contributed by atoms with van der Waals surface area (Å²) in [7, 11) is 0. The van der Waals surface area contributed by atoms with Crippen LogP contribution in [0.15, 0.2) is 24.3 Å². The number of hydrogen-bond donors (Lipinski definition) is 0. The van der Waals surface area contributed by atoms with Crippen molar-refractivity contribution >= 4 is 12.0 Å². The third-order valence-corrected chi connectivity index (χ3v) is 2.29. The minimum absolute atomic E-state index is 0.159. The molecule has 21 heavy (non-hydrogen) atoms. The van der Waals surface area contributed by atoms with Crippen LogP contribution in [0.25, 0.3) is 6.08 Å². The van der Waals surface area contributed by atoms with Gasteiger partial charge in [0, 0.05) is 6.08 Å². The van der Waals surface area contributed by atoms with Crippen LogP contribution in [-0.4, -0.2) is 11.6 Å². The molecule has 112 valence electrons. The molecule has 1 aromatic rings. The molecule has 1 rings (SSSR count). The minimum atomic E-state index is -4.62. The van der Waals surface area contributed by atoms with Gasteiger partial charge in [-0.2, -0.15) is 18.4 Å². The third kappa shape index (κ3) is 5.30. The van der Waals surface area contributed by atoms with Crippen molar-refractivity contribution < 1.29 is 22.7 Å². The topological polar surface area (TPSA) is 50.1 Å². The summed E-state index contributed by atoms with van der Waals surface area (Å²) in [5.41, 5.74) is -2.01. The largest absolute Gasteiger partial charge is 0.457 e. The number of hydrogen-bond acceptors (Lipinski definition) is 3. The number of halogens is 3. The molecule has 0 bridgehead atoms.